The van der Waals surface area contributed by atoms with E-state index in [1.54, 1.807) is 12.1 Å². The van der Waals surface area contributed by atoms with Gasteiger partial charge >= 0.3 is 0 Å². The van der Waals surface area contributed by atoms with Gasteiger partial charge in [0.15, 0.2) is 0 Å². The minimum atomic E-state index is -4.25. The van der Waals surface area contributed by atoms with Gasteiger partial charge in [0.25, 0.3) is 10.0 Å². The second kappa shape index (κ2) is 15.0. The van der Waals surface area contributed by atoms with Crippen molar-refractivity contribution >= 4 is 27.5 Å². The van der Waals surface area contributed by atoms with Crippen LogP contribution in [0.4, 0.5) is 10.1 Å². The lowest BCUT2D eigenvalue weighted by Crippen LogP contribution is -2.53. The fourth-order valence-corrected chi connectivity index (χ4v) is 6.25. The zero-order valence-corrected chi connectivity index (χ0v) is 26.9. The van der Waals surface area contributed by atoms with E-state index in [4.69, 9.17) is 0 Å². The molecule has 0 radical (unpaired) electrons. The number of hydrogen-bond acceptors (Lipinski definition) is 4. The van der Waals surface area contributed by atoms with Gasteiger partial charge in [-0.2, -0.15) is 0 Å². The zero-order chi connectivity index (χ0) is 32.6. The standard InChI is InChI=1S/C36H40FN3O4S/c1-26(2)23-38-36(42)34(22-29-8-6-5-7-9-29)39(24-30-14-10-27(3)11-15-30)35(41)25-40(32-18-16-31(37)17-19-32)45(43,44)33-20-12-28(4)13-21-33/h5-21,26,34H,22-25H2,1-4H3,(H,38,42). The number of anilines is 1. The number of hydrogen-bond donors (Lipinski definition) is 1. The quantitative estimate of drug-likeness (QED) is 0.195. The van der Waals surface area contributed by atoms with Crippen LogP contribution in [0.1, 0.15) is 36.1 Å². The highest BCUT2D eigenvalue weighted by Crippen LogP contribution is 2.26. The number of nitrogens with zero attached hydrogens (tertiary/aromatic N) is 2. The maximum absolute atomic E-state index is 14.4. The van der Waals surface area contributed by atoms with E-state index in [0.717, 1.165) is 38.7 Å². The first kappa shape index (κ1) is 33.4. The van der Waals surface area contributed by atoms with E-state index in [2.05, 4.69) is 5.32 Å². The molecule has 1 unspecified atom stereocenters. The summed E-state index contributed by atoms with van der Waals surface area (Å²) >= 11 is 0. The molecule has 4 aromatic carbocycles. The van der Waals surface area contributed by atoms with Gasteiger partial charge in [0, 0.05) is 19.5 Å². The van der Waals surface area contributed by atoms with Crippen molar-refractivity contribution < 1.29 is 22.4 Å². The van der Waals surface area contributed by atoms with Gasteiger partial charge in [-0.1, -0.05) is 91.7 Å². The van der Waals surface area contributed by atoms with E-state index in [0.29, 0.717) is 6.54 Å². The van der Waals surface area contributed by atoms with Gasteiger partial charge in [-0.25, -0.2) is 12.8 Å². The van der Waals surface area contributed by atoms with Crippen molar-refractivity contribution in [2.45, 2.75) is 51.6 Å². The lowest BCUT2D eigenvalue weighted by atomic mass is 10.0. The van der Waals surface area contributed by atoms with Crippen LogP contribution in [0.25, 0.3) is 0 Å². The van der Waals surface area contributed by atoms with Crippen molar-refractivity contribution in [3.8, 4) is 0 Å². The molecule has 0 saturated carbocycles. The fourth-order valence-electron chi connectivity index (χ4n) is 4.84. The smallest absolute Gasteiger partial charge is 0.264 e. The Morgan fingerprint density at radius 3 is 1.93 bits per heavy atom. The molecule has 9 heteroatoms. The van der Waals surface area contributed by atoms with Crippen molar-refractivity contribution in [1.82, 2.24) is 10.2 Å². The first-order valence-corrected chi connectivity index (χ1v) is 16.4. The molecule has 236 valence electrons. The number of carbonyl (C=O) groups is 2. The Balaban J connectivity index is 1.79. The van der Waals surface area contributed by atoms with Crippen LogP contribution in [0.15, 0.2) is 108 Å². The first-order valence-electron chi connectivity index (χ1n) is 15.0. The van der Waals surface area contributed by atoms with Gasteiger partial charge in [0.2, 0.25) is 11.8 Å². The third-order valence-electron chi connectivity index (χ3n) is 7.43. The molecule has 4 rings (SSSR count). The first-order chi connectivity index (χ1) is 21.4. The number of sulfonamides is 1. The van der Waals surface area contributed by atoms with Crippen LogP contribution in [0.2, 0.25) is 0 Å². The normalized spacial score (nSPS) is 12.0. The van der Waals surface area contributed by atoms with Crippen molar-refractivity contribution in [3.63, 3.8) is 0 Å². The average Bonchev–Trinajstić information content (AvgIpc) is 3.02. The summed E-state index contributed by atoms with van der Waals surface area (Å²) in [5.41, 5.74) is 3.69. The monoisotopic (exact) mass is 629 g/mol. The highest BCUT2D eigenvalue weighted by molar-refractivity contribution is 7.92. The Hall–Kier alpha value is -4.50. The molecule has 2 amide bonds. The Morgan fingerprint density at radius 1 is 0.778 bits per heavy atom. The largest absolute Gasteiger partial charge is 0.354 e. The minimum absolute atomic E-state index is 0.00850. The number of amides is 2. The molecule has 0 aromatic heterocycles. The lowest BCUT2D eigenvalue weighted by Gasteiger charge is -2.34. The summed E-state index contributed by atoms with van der Waals surface area (Å²) in [7, 11) is -4.25. The third-order valence-corrected chi connectivity index (χ3v) is 9.22. The molecule has 0 aliphatic heterocycles. The lowest BCUT2D eigenvalue weighted by molar-refractivity contribution is -0.140. The fraction of sp³-hybridized carbons (Fsp3) is 0.278. The SMILES string of the molecule is Cc1ccc(CN(C(=O)CN(c2ccc(F)cc2)S(=O)(=O)c2ccc(C)cc2)C(Cc2ccccc2)C(=O)NCC(C)C)cc1. The van der Waals surface area contributed by atoms with E-state index in [-0.39, 0.29) is 35.4 Å². The zero-order valence-electron chi connectivity index (χ0n) is 26.1. The molecule has 0 fully saturated rings. The van der Waals surface area contributed by atoms with Crippen molar-refractivity contribution in [3.05, 3.63) is 131 Å². The molecule has 1 N–H and O–H groups in total. The molecule has 4 aromatic rings. The summed E-state index contributed by atoms with van der Waals surface area (Å²) in [5.74, 6) is -1.26. The number of halogens is 1. The van der Waals surface area contributed by atoms with Gasteiger partial charge in [-0.05, 0) is 67.3 Å². The van der Waals surface area contributed by atoms with Crippen LogP contribution in [0, 0.1) is 25.6 Å². The number of rotatable bonds is 13. The van der Waals surface area contributed by atoms with Gasteiger partial charge < -0.3 is 10.2 Å². The summed E-state index contributed by atoms with van der Waals surface area (Å²) in [6.07, 6.45) is 0.226. The molecule has 7 nitrogen and oxygen atoms in total. The molecule has 1 atom stereocenters. The number of aryl methyl sites for hydroxylation is 2. The van der Waals surface area contributed by atoms with Gasteiger partial charge in [0.05, 0.1) is 10.6 Å². The van der Waals surface area contributed by atoms with Gasteiger partial charge in [0.1, 0.15) is 18.4 Å². The Kier molecular flexibility index (Phi) is 11.1. The van der Waals surface area contributed by atoms with E-state index < -0.39 is 34.3 Å². The van der Waals surface area contributed by atoms with Gasteiger partial charge in [-0.15, -0.1) is 0 Å². The highest BCUT2D eigenvalue weighted by Gasteiger charge is 2.34. The van der Waals surface area contributed by atoms with E-state index >= 15 is 0 Å². The second-order valence-electron chi connectivity index (χ2n) is 11.7. The van der Waals surface area contributed by atoms with Crippen LogP contribution < -0.4 is 9.62 Å². The molecule has 0 bridgehead atoms. The number of carbonyl (C=O) groups excluding carboxylic acids is 2. The predicted molar refractivity (Wildman–Crippen MR) is 176 cm³/mol. The molecule has 0 spiro atoms. The molecular formula is C36H40FN3O4S. The maximum atomic E-state index is 14.4. The average molecular weight is 630 g/mol. The van der Waals surface area contributed by atoms with Crippen LogP contribution in [0.3, 0.4) is 0 Å². The molecule has 0 heterocycles. The Morgan fingerprint density at radius 2 is 1.36 bits per heavy atom. The molecule has 0 aliphatic carbocycles. The predicted octanol–water partition coefficient (Wildman–Crippen LogP) is 6.05. The summed E-state index contributed by atoms with van der Waals surface area (Å²) in [5, 5.41) is 2.98. The van der Waals surface area contributed by atoms with Crippen LogP contribution in [0.5, 0.6) is 0 Å². The number of benzene rings is 4. The summed E-state index contributed by atoms with van der Waals surface area (Å²) in [6.45, 7) is 7.67. The van der Waals surface area contributed by atoms with Crippen molar-refractivity contribution in [1.29, 1.82) is 0 Å². The molecule has 45 heavy (non-hydrogen) atoms. The topological polar surface area (TPSA) is 86.8 Å². The van der Waals surface area contributed by atoms with E-state index in [9.17, 15) is 22.4 Å². The van der Waals surface area contributed by atoms with Crippen LogP contribution in [-0.2, 0) is 32.6 Å². The van der Waals surface area contributed by atoms with Gasteiger partial charge in [-0.3, -0.25) is 13.9 Å². The minimum Gasteiger partial charge on any atom is -0.354 e. The van der Waals surface area contributed by atoms with E-state index in [1.807, 2.05) is 82.3 Å². The Labute approximate surface area is 265 Å². The van der Waals surface area contributed by atoms with Crippen molar-refractivity contribution in [2.75, 3.05) is 17.4 Å². The highest BCUT2D eigenvalue weighted by atomic mass is 32.2. The number of nitrogens with one attached hydrogen (secondary N) is 1. The second-order valence-corrected chi connectivity index (χ2v) is 13.5. The summed E-state index contributed by atoms with van der Waals surface area (Å²) in [6, 6.07) is 27.4. The summed E-state index contributed by atoms with van der Waals surface area (Å²) < 4.78 is 43.0. The van der Waals surface area contributed by atoms with Crippen LogP contribution >= 0.6 is 0 Å². The molecule has 0 saturated heterocycles. The summed E-state index contributed by atoms with van der Waals surface area (Å²) in [4.78, 5) is 29.7. The molecular weight excluding hydrogens is 589 g/mol. The maximum Gasteiger partial charge on any atom is 0.264 e. The Bertz CT molecular complexity index is 1680. The van der Waals surface area contributed by atoms with Crippen LogP contribution in [-0.4, -0.2) is 44.3 Å². The third kappa shape index (κ3) is 9.01. The van der Waals surface area contributed by atoms with Crippen molar-refractivity contribution in [2.24, 2.45) is 5.92 Å². The molecule has 0 aliphatic rings. The van der Waals surface area contributed by atoms with E-state index in [1.165, 1.54) is 29.2 Å².